The summed E-state index contributed by atoms with van der Waals surface area (Å²) in [7, 11) is 0. The van der Waals surface area contributed by atoms with Crippen LogP contribution in [-0.4, -0.2) is 22.0 Å². The van der Waals surface area contributed by atoms with Gasteiger partial charge in [0.2, 0.25) is 5.88 Å². The molecule has 0 atom stereocenters. The highest BCUT2D eigenvalue weighted by atomic mass is 16.5. The van der Waals surface area contributed by atoms with Crippen LogP contribution in [0.5, 0.6) is 5.88 Å². The first-order valence-corrected chi connectivity index (χ1v) is 6.99. The molecular formula is C16H19N3O2. The summed E-state index contributed by atoms with van der Waals surface area (Å²) < 4.78 is 5.49. The first-order valence-electron chi connectivity index (χ1n) is 6.99. The van der Waals surface area contributed by atoms with Gasteiger partial charge >= 0.3 is 0 Å². The number of aryl methyl sites for hydroxylation is 1. The number of hydrogen-bond donors (Lipinski definition) is 1. The summed E-state index contributed by atoms with van der Waals surface area (Å²) in [6, 6.07) is 8.92. The number of nitrogens with one attached hydrogen (secondary N) is 1. The molecule has 0 saturated carbocycles. The number of aromatic nitrogens is 2. The average molecular weight is 285 g/mol. The highest BCUT2D eigenvalue weighted by molar-refractivity contribution is 6.02. The fraction of sp³-hybridized carbons (Fsp3) is 0.312. The van der Waals surface area contributed by atoms with E-state index in [-0.39, 0.29) is 12.0 Å². The smallest absolute Gasteiger partial charge is 0.275 e. The summed E-state index contributed by atoms with van der Waals surface area (Å²) in [5, 5.41) is 2.79. The summed E-state index contributed by atoms with van der Waals surface area (Å²) in [4.78, 5) is 20.6. The van der Waals surface area contributed by atoms with Gasteiger partial charge in [0, 0.05) is 12.3 Å². The second kappa shape index (κ2) is 6.83. The van der Waals surface area contributed by atoms with Crippen molar-refractivity contribution in [2.75, 3.05) is 5.32 Å². The Bertz CT molecular complexity index is 626. The minimum absolute atomic E-state index is 0.0123. The molecule has 0 aliphatic rings. The van der Waals surface area contributed by atoms with Gasteiger partial charge in [-0.3, -0.25) is 4.79 Å². The van der Waals surface area contributed by atoms with Gasteiger partial charge in [-0.15, -0.1) is 0 Å². The van der Waals surface area contributed by atoms with E-state index in [1.54, 1.807) is 24.4 Å². The van der Waals surface area contributed by atoms with E-state index in [2.05, 4.69) is 15.3 Å². The third kappa shape index (κ3) is 4.02. The van der Waals surface area contributed by atoms with E-state index < -0.39 is 0 Å². The monoisotopic (exact) mass is 285 g/mol. The Hall–Kier alpha value is -2.43. The number of carbonyl (C=O) groups is 1. The lowest BCUT2D eigenvalue weighted by Crippen LogP contribution is -2.16. The summed E-state index contributed by atoms with van der Waals surface area (Å²) in [5.41, 5.74) is 1.29. The molecule has 110 valence electrons. The van der Waals surface area contributed by atoms with Crippen LogP contribution in [0.1, 0.15) is 36.8 Å². The van der Waals surface area contributed by atoms with Gasteiger partial charge in [-0.1, -0.05) is 19.1 Å². The molecule has 1 amide bonds. The topological polar surface area (TPSA) is 64.1 Å². The fourth-order valence-electron chi connectivity index (χ4n) is 1.86. The molecule has 0 saturated heterocycles. The van der Waals surface area contributed by atoms with E-state index in [9.17, 15) is 4.79 Å². The molecule has 0 aliphatic carbocycles. The van der Waals surface area contributed by atoms with Gasteiger partial charge in [0.25, 0.3) is 5.91 Å². The van der Waals surface area contributed by atoms with E-state index in [0.29, 0.717) is 17.4 Å². The SMILES string of the molecule is CCc1cccnc1NC(=O)c1cccc(OC(C)C)n1. The van der Waals surface area contributed by atoms with Crippen LogP contribution in [0.4, 0.5) is 5.82 Å². The largest absolute Gasteiger partial charge is 0.475 e. The van der Waals surface area contributed by atoms with Crippen molar-refractivity contribution in [2.24, 2.45) is 0 Å². The predicted octanol–water partition coefficient (Wildman–Crippen LogP) is 3.08. The third-order valence-corrected chi connectivity index (χ3v) is 2.82. The molecular weight excluding hydrogens is 266 g/mol. The normalized spacial score (nSPS) is 10.5. The van der Waals surface area contributed by atoms with Crippen molar-refractivity contribution in [1.29, 1.82) is 0 Å². The molecule has 0 aliphatic heterocycles. The molecule has 5 heteroatoms. The Labute approximate surface area is 124 Å². The number of ether oxygens (including phenoxy) is 1. The molecule has 1 N–H and O–H groups in total. The second-order valence-electron chi connectivity index (χ2n) is 4.85. The van der Waals surface area contributed by atoms with Crippen LogP contribution in [0.2, 0.25) is 0 Å². The quantitative estimate of drug-likeness (QED) is 0.917. The van der Waals surface area contributed by atoms with Crippen LogP contribution in [-0.2, 0) is 6.42 Å². The molecule has 21 heavy (non-hydrogen) atoms. The Balaban J connectivity index is 2.16. The lowest BCUT2D eigenvalue weighted by molar-refractivity contribution is 0.102. The fourth-order valence-corrected chi connectivity index (χ4v) is 1.86. The number of nitrogens with zero attached hydrogens (tertiary/aromatic N) is 2. The molecule has 0 fully saturated rings. The average Bonchev–Trinajstić information content (AvgIpc) is 2.47. The number of carbonyl (C=O) groups excluding carboxylic acids is 1. The maximum Gasteiger partial charge on any atom is 0.275 e. The zero-order valence-electron chi connectivity index (χ0n) is 12.5. The van der Waals surface area contributed by atoms with Gasteiger partial charge in [-0.05, 0) is 38.0 Å². The van der Waals surface area contributed by atoms with Crippen LogP contribution >= 0.6 is 0 Å². The Morgan fingerprint density at radius 3 is 2.81 bits per heavy atom. The van der Waals surface area contributed by atoms with Gasteiger partial charge in [-0.25, -0.2) is 9.97 Å². The van der Waals surface area contributed by atoms with Crippen LogP contribution in [0.3, 0.4) is 0 Å². The van der Waals surface area contributed by atoms with Crippen molar-refractivity contribution in [2.45, 2.75) is 33.3 Å². The minimum atomic E-state index is -0.294. The summed E-state index contributed by atoms with van der Waals surface area (Å²) in [6.07, 6.45) is 2.46. The van der Waals surface area contributed by atoms with Crippen molar-refractivity contribution in [1.82, 2.24) is 9.97 Å². The number of hydrogen-bond acceptors (Lipinski definition) is 4. The Morgan fingerprint density at radius 2 is 2.10 bits per heavy atom. The van der Waals surface area contributed by atoms with E-state index in [1.165, 1.54) is 0 Å². The van der Waals surface area contributed by atoms with Gasteiger partial charge in [-0.2, -0.15) is 0 Å². The van der Waals surface area contributed by atoms with E-state index in [0.717, 1.165) is 12.0 Å². The van der Waals surface area contributed by atoms with E-state index in [1.807, 2.05) is 32.9 Å². The zero-order valence-corrected chi connectivity index (χ0v) is 12.5. The molecule has 2 rings (SSSR count). The second-order valence-corrected chi connectivity index (χ2v) is 4.85. The van der Waals surface area contributed by atoms with Crippen molar-refractivity contribution in [3.8, 4) is 5.88 Å². The third-order valence-electron chi connectivity index (χ3n) is 2.82. The molecule has 0 bridgehead atoms. The first kappa shape index (κ1) is 15.0. The Kier molecular flexibility index (Phi) is 4.87. The zero-order chi connectivity index (χ0) is 15.2. The number of pyridine rings is 2. The number of anilines is 1. The van der Waals surface area contributed by atoms with E-state index in [4.69, 9.17) is 4.74 Å². The summed E-state index contributed by atoms with van der Waals surface area (Å²) in [6.45, 7) is 5.84. The van der Waals surface area contributed by atoms with Crippen LogP contribution in [0.15, 0.2) is 36.5 Å². The Morgan fingerprint density at radius 1 is 1.29 bits per heavy atom. The molecule has 2 aromatic rings. The van der Waals surface area contributed by atoms with Gasteiger partial charge in [0.15, 0.2) is 0 Å². The number of amides is 1. The first-order chi connectivity index (χ1) is 10.1. The van der Waals surface area contributed by atoms with Gasteiger partial charge in [0.1, 0.15) is 11.5 Å². The standard InChI is InChI=1S/C16H19N3O2/c1-4-12-7-6-10-17-15(12)19-16(20)13-8-5-9-14(18-13)21-11(2)3/h5-11H,4H2,1-3H3,(H,17,19,20). The maximum atomic E-state index is 12.3. The van der Waals surface area contributed by atoms with Crippen LogP contribution in [0, 0.1) is 0 Å². The lowest BCUT2D eigenvalue weighted by Gasteiger charge is -2.10. The molecule has 0 unspecified atom stereocenters. The number of rotatable bonds is 5. The molecule has 5 nitrogen and oxygen atoms in total. The van der Waals surface area contributed by atoms with Crippen LogP contribution in [0.25, 0.3) is 0 Å². The minimum Gasteiger partial charge on any atom is -0.475 e. The van der Waals surface area contributed by atoms with E-state index >= 15 is 0 Å². The van der Waals surface area contributed by atoms with Gasteiger partial charge in [0.05, 0.1) is 6.10 Å². The summed E-state index contributed by atoms with van der Waals surface area (Å²) >= 11 is 0. The summed E-state index contributed by atoms with van der Waals surface area (Å²) in [5.74, 6) is 0.717. The maximum absolute atomic E-state index is 12.3. The molecule has 2 heterocycles. The van der Waals surface area contributed by atoms with Crippen molar-refractivity contribution >= 4 is 11.7 Å². The molecule has 2 aromatic heterocycles. The lowest BCUT2D eigenvalue weighted by atomic mass is 10.2. The highest BCUT2D eigenvalue weighted by Gasteiger charge is 2.12. The molecule has 0 radical (unpaired) electrons. The molecule has 0 spiro atoms. The van der Waals surface area contributed by atoms with Crippen LogP contribution < -0.4 is 10.1 Å². The van der Waals surface area contributed by atoms with Crippen molar-refractivity contribution in [3.63, 3.8) is 0 Å². The molecule has 0 aromatic carbocycles. The van der Waals surface area contributed by atoms with Crippen molar-refractivity contribution < 1.29 is 9.53 Å². The highest BCUT2D eigenvalue weighted by Crippen LogP contribution is 2.14. The van der Waals surface area contributed by atoms with Gasteiger partial charge < -0.3 is 10.1 Å². The predicted molar refractivity (Wildman–Crippen MR) is 81.6 cm³/mol. The van der Waals surface area contributed by atoms with Crippen molar-refractivity contribution in [3.05, 3.63) is 47.8 Å².